The van der Waals surface area contributed by atoms with Gasteiger partial charge in [-0.2, -0.15) is 0 Å². The highest BCUT2D eigenvalue weighted by atomic mass is 16.5. The number of carbonyl (C=O) groups is 1. The van der Waals surface area contributed by atoms with Crippen LogP contribution in [0.25, 0.3) is 0 Å². The molecule has 2 unspecified atom stereocenters. The lowest BCUT2D eigenvalue weighted by Gasteiger charge is -2.13. The normalized spacial score (nSPS) is 16.3. The van der Waals surface area contributed by atoms with Crippen molar-refractivity contribution in [2.24, 2.45) is 11.7 Å². The number of methoxy groups -OCH3 is 1. The number of nitrogens with two attached hydrogens (primary N) is 1. The lowest BCUT2D eigenvalue weighted by atomic mass is 10.1. The molecule has 0 bridgehead atoms. The fraction of sp³-hybridized carbons (Fsp3) is 0.833. The summed E-state index contributed by atoms with van der Waals surface area (Å²) in [6.45, 7) is 2.12. The fourth-order valence-corrected chi connectivity index (χ4v) is 0.610. The van der Waals surface area contributed by atoms with Crippen LogP contribution in [-0.4, -0.2) is 30.8 Å². The maximum Gasteiger partial charge on any atom is 0.320 e. The predicted molar refractivity (Wildman–Crippen MR) is 36.7 cm³/mol. The van der Waals surface area contributed by atoms with Crippen LogP contribution in [0.3, 0.4) is 0 Å². The zero-order valence-corrected chi connectivity index (χ0v) is 6.20. The number of ether oxygens (including phenoxy) is 1. The molecule has 0 rings (SSSR count). The average molecular weight is 147 g/mol. The van der Waals surface area contributed by atoms with E-state index < -0.39 is 12.0 Å². The van der Waals surface area contributed by atoms with Gasteiger partial charge in [0.2, 0.25) is 0 Å². The second-order valence-electron chi connectivity index (χ2n) is 2.30. The van der Waals surface area contributed by atoms with Gasteiger partial charge in [-0.1, -0.05) is 6.92 Å². The van der Waals surface area contributed by atoms with Gasteiger partial charge in [0.15, 0.2) is 0 Å². The minimum Gasteiger partial charge on any atom is -0.480 e. The summed E-state index contributed by atoms with van der Waals surface area (Å²) in [4.78, 5) is 10.2. The minimum atomic E-state index is -0.982. The molecule has 0 radical (unpaired) electrons. The molecule has 10 heavy (non-hydrogen) atoms. The molecule has 0 aromatic carbocycles. The number of carboxylic acid groups (broad SMARTS) is 1. The molecule has 0 aliphatic heterocycles. The number of hydrogen-bond acceptors (Lipinski definition) is 3. The van der Waals surface area contributed by atoms with Crippen LogP contribution in [-0.2, 0) is 9.53 Å². The summed E-state index contributed by atoms with van der Waals surface area (Å²) in [6, 6.07) is -0.819. The Morgan fingerprint density at radius 3 is 2.60 bits per heavy atom. The van der Waals surface area contributed by atoms with Crippen LogP contribution in [0.4, 0.5) is 0 Å². The van der Waals surface area contributed by atoms with E-state index in [4.69, 9.17) is 15.6 Å². The van der Waals surface area contributed by atoms with E-state index in [1.165, 1.54) is 7.11 Å². The summed E-state index contributed by atoms with van der Waals surface area (Å²) in [5.41, 5.74) is 5.27. The van der Waals surface area contributed by atoms with Crippen molar-refractivity contribution >= 4 is 5.97 Å². The van der Waals surface area contributed by atoms with Crippen molar-refractivity contribution in [2.75, 3.05) is 13.7 Å². The van der Waals surface area contributed by atoms with Crippen LogP contribution >= 0.6 is 0 Å². The average Bonchev–Trinajstić information content (AvgIpc) is 1.87. The van der Waals surface area contributed by atoms with Gasteiger partial charge in [0.1, 0.15) is 6.04 Å². The lowest BCUT2D eigenvalue weighted by molar-refractivity contribution is -0.140. The van der Waals surface area contributed by atoms with Crippen LogP contribution in [0, 0.1) is 5.92 Å². The van der Waals surface area contributed by atoms with E-state index in [1.807, 2.05) is 0 Å². The largest absolute Gasteiger partial charge is 0.480 e. The summed E-state index contributed by atoms with van der Waals surface area (Å²) in [5.74, 6) is -1.12. The molecular formula is C6H13NO3. The van der Waals surface area contributed by atoms with E-state index in [-0.39, 0.29) is 5.92 Å². The zero-order valence-electron chi connectivity index (χ0n) is 6.20. The molecule has 0 saturated heterocycles. The summed E-state index contributed by atoms with van der Waals surface area (Å²) in [7, 11) is 1.52. The third-order valence-corrected chi connectivity index (χ3v) is 1.33. The van der Waals surface area contributed by atoms with Crippen molar-refractivity contribution in [2.45, 2.75) is 13.0 Å². The summed E-state index contributed by atoms with van der Waals surface area (Å²) in [6.07, 6.45) is 0. The van der Waals surface area contributed by atoms with Gasteiger partial charge >= 0.3 is 5.97 Å². The van der Waals surface area contributed by atoms with Crippen molar-refractivity contribution in [3.63, 3.8) is 0 Å². The molecule has 0 spiro atoms. The van der Waals surface area contributed by atoms with Gasteiger partial charge in [-0.3, -0.25) is 4.79 Å². The highest BCUT2D eigenvalue weighted by molar-refractivity contribution is 5.73. The first kappa shape index (κ1) is 9.39. The molecule has 0 aromatic rings. The van der Waals surface area contributed by atoms with E-state index >= 15 is 0 Å². The van der Waals surface area contributed by atoms with Crippen LogP contribution in [0.2, 0.25) is 0 Å². The Kier molecular flexibility index (Phi) is 3.99. The van der Waals surface area contributed by atoms with Crippen LogP contribution < -0.4 is 5.73 Å². The van der Waals surface area contributed by atoms with Crippen molar-refractivity contribution in [1.82, 2.24) is 0 Å². The van der Waals surface area contributed by atoms with Gasteiger partial charge in [0.05, 0.1) is 6.61 Å². The molecule has 0 aromatic heterocycles. The van der Waals surface area contributed by atoms with E-state index in [9.17, 15) is 4.79 Å². The molecule has 4 heteroatoms. The van der Waals surface area contributed by atoms with Gasteiger partial charge in [0, 0.05) is 13.0 Å². The zero-order chi connectivity index (χ0) is 8.15. The number of hydrogen-bond donors (Lipinski definition) is 2. The van der Waals surface area contributed by atoms with Gasteiger partial charge in [-0.15, -0.1) is 0 Å². The summed E-state index contributed by atoms with van der Waals surface area (Å²) in [5, 5.41) is 8.40. The van der Waals surface area contributed by atoms with E-state index in [0.717, 1.165) is 0 Å². The monoisotopic (exact) mass is 147 g/mol. The molecule has 0 fully saturated rings. The van der Waals surface area contributed by atoms with Gasteiger partial charge in [-0.25, -0.2) is 0 Å². The molecule has 0 aliphatic carbocycles. The van der Waals surface area contributed by atoms with Crippen molar-refractivity contribution < 1.29 is 14.6 Å². The van der Waals surface area contributed by atoms with Crippen LogP contribution in [0.5, 0.6) is 0 Å². The summed E-state index contributed by atoms with van der Waals surface area (Å²) < 4.78 is 4.73. The maximum atomic E-state index is 10.2. The maximum absolute atomic E-state index is 10.2. The first-order valence-electron chi connectivity index (χ1n) is 3.07. The molecule has 0 heterocycles. The SMILES string of the molecule is COCC(C)C(N)C(=O)O. The Morgan fingerprint density at radius 2 is 2.30 bits per heavy atom. The molecule has 4 nitrogen and oxygen atoms in total. The van der Waals surface area contributed by atoms with Crippen molar-refractivity contribution in [3.05, 3.63) is 0 Å². The summed E-state index contributed by atoms with van der Waals surface area (Å²) >= 11 is 0. The van der Waals surface area contributed by atoms with E-state index in [0.29, 0.717) is 6.61 Å². The van der Waals surface area contributed by atoms with Gasteiger partial charge < -0.3 is 15.6 Å². The number of rotatable bonds is 4. The first-order valence-corrected chi connectivity index (χ1v) is 3.07. The first-order chi connectivity index (χ1) is 4.59. The molecule has 2 atom stereocenters. The highest BCUT2D eigenvalue weighted by Crippen LogP contribution is 1.99. The lowest BCUT2D eigenvalue weighted by Crippen LogP contribution is -2.38. The molecular weight excluding hydrogens is 134 g/mol. The number of carboxylic acids is 1. The molecule has 0 amide bonds. The smallest absolute Gasteiger partial charge is 0.320 e. The van der Waals surface area contributed by atoms with E-state index in [2.05, 4.69) is 0 Å². The van der Waals surface area contributed by atoms with E-state index in [1.54, 1.807) is 6.92 Å². The van der Waals surface area contributed by atoms with Crippen LogP contribution in [0.1, 0.15) is 6.92 Å². The topological polar surface area (TPSA) is 72.5 Å². The van der Waals surface area contributed by atoms with Crippen molar-refractivity contribution in [1.29, 1.82) is 0 Å². The Morgan fingerprint density at radius 1 is 1.80 bits per heavy atom. The minimum absolute atomic E-state index is 0.137. The third-order valence-electron chi connectivity index (χ3n) is 1.33. The quantitative estimate of drug-likeness (QED) is 0.571. The Labute approximate surface area is 60.0 Å². The van der Waals surface area contributed by atoms with Crippen LogP contribution in [0.15, 0.2) is 0 Å². The predicted octanol–water partition coefficient (Wildman–Crippen LogP) is -0.319. The fourth-order valence-electron chi connectivity index (χ4n) is 0.610. The van der Waals surface area contributed by atoms with Gasteiger partial charge in [-0.05, 0) is 0 Å². The Bertz CT molecular complexity index is 116. The Hall–Kier alpha value is -0.610. The third kappa shape index (κ3) is 2.80. The standard InChI is InChI=1S/C6H13NO3/c1-4(3-10-2)5(7)6(8)9/h4-5H,3,7H2,1-2H3,(H,8,9). The molecule has 3 N–H and O–H groups in total. The molecule has 0 aliphatic rings. The highest BCUT2D eigenvalue weighted by Gasteiger charge is 2.18. The van der Waals surface area contributed by atoms with Crippen molar-refractivity contribution in [3.8, 4) is 0 Å². The number of aliphatic carboxylic acids is 1. The second kappa shape index (κ2) is 4.24. The Balaban J connectivity index is 3.69. The molecule has 0 saturated carbocycles. The molecule has 60 valence electrons. The second-order valence-corrected chi connectivity index (χ2v) is 2.30. The van der Waals surface area contributed by atoms with Gasteiger partial charge in [0.25, 0.3) is 0 Å².